The van der Waals surface area contributed by atoms with E-state index < -0.39 is 5.82 Å². The normalized spacial score (nSPS) is 22.8. The molecule has 0 saturated heterocycles. The number of anilines is 3. The van der Waals surface area contributed by atoms with Gasteiger partial charge in [0, 0.05) is 36.0 Å². The number of nitrogens with zero attached hydrogens (tertiary/aromatic N) is 4. The number of aliphatic hydroxyl groups is 1. The number of halogens is 1. The van der Waals surface area contributed by atoms with Gasteiger partial charge in [-0.1, -0.05) is 12.8 Å². The zero-order valence-electron chi connectivity index (χ0n) is 20.2. The van der Waals surface area contributed by atoms with E-state index in [1.165, 1.54) is 31.3 Å². The van der Waals surface area contributed by atoms with Crippen molar-refractivity contribution in [3.63, 3.8) is 0 Å². The molecule has 1 aliphatic heterocycles. The quantitative estimate of drug-likeness (QED) is 0.631. The van der Waals surface area contributed by atoms with Gasteiger partial charge in [-0.25, -0.2) is 14.2 Å². The molecule has 2 fully saturated rings. The lowest BCUT2D eigenvalue weighted by molar-refractivity contribution is 0.126. The van der Waals surface area contributed by atoms with Gasteiger partial charge >= 0.3 is 6.03 Å². The van der Waals surface area contributed by atoms with Crippen molar-refractivity contribution >= 4 is 23.5 Å². The van der Waals surface area contributed by atoms with Crippen LogP contribution in [0.3, 0.4) is 0 Å². The van der Waals surface area contributed by atoms with Crippen molar-refractivity contribution in [1.82, 2.24) is 9.97 Å². The van der Waals surface area contributed by atoms with Crippen LogP contribution < -0.4 is 24.6 Å². The second-order valence-electron chi connectivity index (χ2n) is 9.53. The molecule has 0 atom stereocenters. The number of aliphatic hydroxyl groups excluding tert-OH is 1. The molecule has 35 heavy (non-hydrogen) atoms. The largest absolute Gasteiger partial charge is 0.497 e. The summed E-state index contributed by atoms with van der Waals surface area (Å²) in [7, 11) is 2.87. The molecule has 1 aromatic carbocycles. The Balaban J connectivity index is 1.50. The fraction of sp³-hybridized carbons (Fsp3) is 0.560. The predicted molar refractivity (Wildman–Crippen MR) is 130 cm³/mol. The second-order valence-corrected chi connectivity index (χ2v) is 9.53. The minimum atomic E-state index is -0.616. The number of carbonyl (C=O) groups excluding carboxylic acids is 1. The van der Waals surface area contributed by atoms with Gasteiger partial charge in [-0.3, -0.25) is 9.80 Å². The number of rotatable bonds is 6. The fourth-order valence-corrected chi connectivity index (χ4v) is 5.35. The molecule has 3 aliphatic rings. The van der Waals surface area contributed by atoms with Crippen molar-refractivity contribution in [2.45, 2.75) is 76.1 Å². The first kappa shape index (κ1) is 23.6. The van der Waals surface area contributed by atoms with Crippen molar-refractivity contribution in [2.24, 2.45) is 0 Å². The Morgan fingerprint density at radius 1 is 1.09 bits per heavy atom. The van der Waals surface area contributed by atoms with Gasteiger partial charge in [0.2, 0.25) is 5.95 Å². The van der Waals surface area contributed by atoms with E-state index in [0.717, 1.165) is 56.9 Å². The van der Waals surface area contributed by atoms with E-state index in [0.29, 0.717) is 17.5 Å². The number of aromatic nitrogens is 2. The Morgan fingerprint density at radius 2 is 1.83 bits per heavy atom. The molecule has 0 spiro atoms. The van der Waals surface area contributed by atoms with Gasteiger partial charge in [-0.2, -0.15) is 4.98 Å². The topological polar surface area (TPSA) is 100 Å². The van der Waals surface area contributed by atoms with Crippen molar-refractivity contribution in [3.05, 3.63) is 29.7 Å². The van der Waals surface area contributed by atoms with Gasteiger partial charge in [0.25, 0.3) is 0 Å². The number of benzene rings is 1. The minimum absolute atomic E-state index is 0.00723. The van der Waals surface area contributed by atoms with E-state index in [2.05, 4.69) is 10.3 Å². The Bertz CT molecular complexity index is 1090. The molecular weight excluding hydrogens is 453 g/mol. The molecule has 2 heterocycles. The Morgan fingerprint density at radius 3 is 2.51 bits per heavy atom. The van der Waals surface area contributed by atoms with E-state index in [-0.39, 0.29) is 42.2 Å². The van der Waals surface area contributed by atoms with E-state index in [1.807, 2.05) is 0 Å². The summed E-state index contributed by atoms with van der Waals surface area (Å²) in [6, 6.07) is 2.84. The predicted octanol–water partition coefficient (Wildman–Crippen LogP) is 4.24. The second kappa shape index (κ2) is 9.85. The summed E-state index contributed by atoms with van der Waals surface area (Å²) in [5, 5.41) is 13.2. The molecule has 2 aliphatic carbocycles. The average Bonchev–Trinajstić information content (AvgIpc) is 3.40. The Kier molecular flexibility index (Phi) is 6.64. The molecule has 5 rings (SSSR count). The maximum Gasteiger partial charge on any atom is 0.330 e. The summed E-state index contributed by atoms with van der Waals surface area (Å²) in [4.78, 5) is 26.3. The van der Waals surface area contributed by atoms with Gasteiger partial charge in [-0.15, -0.1) is 0 Å². The fourth-order valence-electron chi connectivity index (χ4n) is 5.35. The molecular formula is C25H32FN5O4. The first-order chi connectivity index (χ1) is 17.0. The molecule has 2 N–H and O–H groups in total. The van der Waals surface area contributed by atoms with Crippen LogP contribution >= 0.6 is 0 Å². The van der Waals surface area contributed by atoms with Crippen LogP contribution in [0.2, 0.25) is 0 Å². The number of fused-ring (bicyclic) bond motifs is 1. The van der Waals surface area contributed by atoms with Crippen LogP contribution in [0.15, 0.2) is 18.3 Å². The van der Waals surface area contributed by atoms with E-state index in [1.54, 1.807) is 11.1 Å². The molecule has 2 amide bonds. The van der Waals surface area contributed by atoms with Crippen LogP contribution in [0, 0.1) is 5.82 Å². The summed E-state index contributed by atoms with van der Waals surface area (Å²) in [5.41, 5.74) is 0.852. The maximum atomic E-state index is 15.3. The molecule has 10 heteroatoms. The number of methoxy groups -OCH3 is 2. The van der Waals surface area contributed by atoms with Crippen molar-refractivity contribution < 1.29 is 23.8 Å². The number of urea groups is 1. The summed E-state index contributed by atoms with van der Waals surface area (Å²) in [6.07, 6.45) is 8.48. The highest BCUT2D eigenvalue weighted by Gasteiger charge is 2.40. The molecule has 9 nitrogen and oxygen atoms in total. The van der Waals surface area contributed by atoms with Crippen LogP contribution in [0.25, 0.3) is 0 Å². The average molecular weight is 486 g/mol. The van der Waals surface area contributed by atoms with Crippen LogP contribution in [0.1, 0.15) is 56.9 Å². The standard InChI is InChI=1S/C25H32FN5O4/c1-34-19-11-20(22(26)21(12-19)35-2)30-14-15-13-27-24(28-16-7-9-18(32)10-8-16)29-23(15)31(25(30)33)17-5-3-4-6-17/h11-13,16-18,32H,3-10,14H2,1-2H3,(H,27,28,29)/t16-,18-. The lowest BCUT2D eigenvalue weighted by Crippen LogP contribution is -2.52. The number of carbonyl (C=O) groups is 1. The molecule has 0 bridgehead atoms. The maximum absolute atomic E-state index is 15.3. The molecule has 0 radical (unpaired) electrons. The highest BCUT2D eigenvalue weighted by molar-refractivity contribution is 6.06. The van der Waals surface area contributed by atoms with Crippen molar-refractivity contribution in [3.8, 4) is 11.5 Å². The molecule has 2 aromatic rings. The number of nitrogens with one attached hydrogen (secondary N) is 1. The summed E-state index contributed by atoms with van der Waals surface area (Å²) in [6.45, 7) is 0.139. The van der Waals surface area contributed by atoms with Crippen LogP contribution in [-0.4, -0.2) is 53.5 Å². The van der Waals surface area contributed by atoms with E-state index in [4.69, 9.17) is 14.5 Å². The Hall–Kier alpha value is -3.14. The minimum Gasteiger partial charge on any atom is -0.497 e. The SMILES string of the molecule is COc1cc(OC)c(F)c(N2Cc3cnc(N[C@H]4CC[C@H](O)CC4)nc3N(C3CCCC3)C2=O)c1. The third kappa shape index (κ3) is 4.59. The van der Waals surface area contributed by atoms with Crippen molar-refractivity contribution in [1.29, 1.82) is 0 Å². The Labute approximate surface area is 204 Å². The smallest absolute Gasteiger partial charge is 0.330 e. The monoisotopic (exact) mass is 485 g/mol. The van der Waals surface area contributed by atoms with Crippen LogP contribution in [0.4, 0.5) is 26.6 Å². The molecule has 2 saturated carbocycles. The van der Waals surface area contributed by atoms with Crippen molar-refractivity contribution in [2.75, 3.05) is 29.3 Å². The lowest BCUT2D eigenvalue weighted by Gasteiger charge is -2.39. The van der Waals surface area contributed by atoms with E-state index in [9.17, 15) is 9.90 Å². The third-order valence-corrected chi connectivity index (χ3v) is 7.30. The van der Waals surface area contributed by atoms with Gasteiger partial charge in [0.1, 0.15) is 11.6 Å². The number of hydrogen-bond acceptors (Lipinski definition) is 7. The van der Waals surface area contributed by atoms with Gasteiger partial charge in [0.15, 0.2) is 11.6 Å². The van der Waals surface area contributed by atoms with Gasteiger partial charge < -0.3 is 19.9 Å². The van der Waals surface area contributed by atoms with Crippen LogP contribution in [0.5, 0.6) is 11.5 Å². The highest BCUT2D eigenvalue weighted by atomic mass is 19.1. The first-order valence-corrected chi connectivity index (χ1v) is 12.3. The summed E-state index contributed by atoms with van der Waals surface area (Å²) < 4.78 is 25.8. The molecule has 188 valence electrons. The van der Waals surface area contributed by atoms with Gasteiger partial charge in [-0.05, 0) is 38.5 Å². The van der Waals surface area contributed by atoms with E-state index >= 15 is 4.39 Å². The highest BCUT2D eigenvalue weighted by Crippen LogP contribution is 2.40. The summed E-state index contributed by atoms with van der Waals surface area (Å²) in [5.74, 6) is 0.858. The van der Waals surface area contributed by atoms with Gasteiger partial charge in [0.05, 0.1) is 32.6 Å². The third-order valence-electron chi connectivity index (χ3n) is 7.30. The molecule has 0 unspecified atom stereocenters. The zero-order valence-corrected chi connectivity index (χ0v) is 20.2. The first-order valence-electron chi connectivity index (χ1n) is 12.3. The van der Waals surface area contributed by atoms with Crippen LogP contribution in [-0.2, 0) is 6.54 Å². The number of hydrogen-bond donors (Lipinski definition) is 2. The number of ether oxygens (including phenoxy) is 2. The zero-order chi connectivity index (χ0) is 24.5. The lowest BCUT2D eigenvalue weighted by atomic mass is 9.93. The molecule has 1 aromatic heterocycles. The summed E-state index contributed by atoms with van der Waals surface area (Å²) >= 11 is 0. The number of amides is 2.